The van der Waals surface area contributed by atoms with Gasteiger partial charge in [0.2, 0.25) is 0 Å². The summed E-state index contributed by atoms with van der Waals surface area (Å²) in [6, 6.07) is 8.50. The van der Waals surface area contributed by atoms with Gasteiger partial charge in [0, 0.05) is 17.8 Å². The first-order valence-corrected chi connectivity index (χ1v) is 7.10. The molecule has 0 spiro atoms. The molecule has 1 aliphatic rings. The minimum absolute atomic E-state index is 0.231. The van der Waals surface area contributed by atoms with E-state index in [1.165, 1.54) is 24.1 Å². The van der Waals surface area contributed by atoms with Crippen LogP contribution >= 0.6 is 0 Å². The van der Waals surface area contributed by atoms with Crippen LogP contribution in [0.1, 0.15) is 48.7 Å². The zero-order valence-corrected chi connectivity index (χ0v) is 11.3. The van der Waals surface area contributed by atoms with Crippen molar-refractivity contribution >= 4 is 0 Å². The molecule has 3 heteroatoms. The number of aromatic nitrogens is 1. The van der Waals surface area contributed by atoms with Crippen LogP contribution in [0.2, 0.25) is 0 Å². The third-order valence-electron chi connectivity index (χ3n) is 3.91. The van der Waals surface area contributed by atoms with Crippen molar-refractivity contribution in [2.75, 3.05) is 6.54 Å². The molecule has 0 saturated carbocycles. The average molecular weight is 256 g/mol. The second kappa shape index (κ2) is 5.57. The fourth-order valence-corrected chi connectivity index (χ4v) is 3.10. The summed E-state index contributed by atoms with van der Waals surface area (Å²) in [7, 11) is 0. The summed E-state index contributed by atoms with van der Waals surface area (Å²) in [6.07, 6.45) is 7.20. The fourth-order valence-electron chi connectivity index (χ4n) is 3.10. The summed E-state index contributed by atoms with van der Waals surface area (Å²) >= 11 is 0. The first-order valence-electron chi connectivity index (χ1n) is 7.10. The minimum Gasteiger partial charge on any atom is -0.468 e. The molecule has 3 nitrogen and oxygen atoms in total. The molecule has 0 aliphatic heterocycles. The van der Waals surface area contributed by atoms with Gasteiger partial charge in [-0.05, 0) is 49.6 Å². The summed E-state index contributed by atoms with van der Waals surface area (Å²) < 4.78 is 5.63. The van der Waals surface area contributed by atoms with Gasteiger partial charge >= 0.3 is 0 Å². The monoisotopic (exact) mass is 256 g/mol. The van der Waals surface area contributed by atoms with Crippen molar-refractivity contribution in [3.05, 3.63) is 53.7 Å². The highest BCUT2D eigenvalue weighted by Gasteiger charge is 2.31. The van der Waals surface area contributed by atoms with E-state index in [9.17, 15) is 0 Å². The Labute approximate surface area is 114 Å². The Kier molecular flexibility index (Phi) is 3.65. The van der Waals surface area contributed by atoms with Gasteiger partial charge in [0.25, 0.3) is 0 Å². The van der Waals surface area contributed by atoms with Crippen LogP contribution in [0.25, 0.3) is 0 Å². The number of likely N-dealkylation sites (N-methyl/N-ethyl adjacent to an activating group) is 1. The highest BCUT2D eigenvalue weighted by molar-refractivity contribution is 5.29. The second-order valence-electron chi connectivity index (χ2n) is 5.10. The van der Waals surface area contributed by atoms with Crippen LogP contribution in [0.5, 0.6) is 0 Å². The predicted molar refractivity (Wildman–Crippen MR) is 75.0 cm³/mol. The van der Waals surface area contributed by atoms with Gasteiger partial charge in [-0.1, -0.05) is 13.0 Å². The summed E-state index contributed by atoms with van der Waals surface area (Å²) in [4.78, 5) is 4.63. The van der Waals surface area contributed by atoms with Crippen molar-refractivity contribution in [3.8, 4) is 0 Å². The van der Waals surface area contributed by atoms with Gasteiger partial charge < -0.3 is 9.73 Å². The molecule has 0 radical (unpaired) electrons. The molecule has 2 aromatic heterocycles. The standard InChI is InChI=1S/C16H20N2O/c1-2-17-16(14-9-5-11-19-14)13-8-3-6-12-7-4-10-18-15(12)13/h4-5,7,9-11,13,16-17H,2-3,6,8H2,1H3. The lowest BCUT2D eigenvalue weighted by Gasteiger charge is -2.30. The molecule has 0 fully saturated rings. The maximum atomic E-state index is 5.63. The zero-order chi connectivity index (χ0) is 13.1. The maximum absolute atomic E-state index is 5.63. The van der Waals surface area contributed by atoms with Gasteiger partial charge in [0.1, 0.15) is 5.76 Å². The van der Waals surface area contributed by atoms with Gasteiger partial charge in [0.05, 0.1) is 12.3 Å². The summed E-state index contributed by atoms with van der Waals surface area (Å²) in [5, 5.41) is 3.56. The molecule has 3 rings (SSSR count). The first kappa shape index (κ1) is 12.4. The number of nitrogens with one attached hydrogen (secondary N) is 1. The van der Waals surface area contributed by atoms with E-state index in [1.807, 2.05) is 18.3 Å². The number of pyridine rings is 1. The highest BCUT2D eigenvalue weighted by Crippen LogP contribution is 2.39. The number of rotatable bonds is 4. The van der Waals surface area contributed by atoms with Crippen molar-refractivity contribution in [2.45, 2.75) is 38.1 Å². The van der Waals surface area contributed by atoms with Crippen LogP contribution in [0.3, 0.4) is 0 Å². The molecule has 2 heterocycles. The number of hydrogen-bond acceptors (Lipinski definition) is 3. The highest BCUT2D eigenvalue weighted by atomic mass is 16.3. The van der Waals surface area contributed by atoms with Crippen LogP contribution in [-0.4, -0.2) is 11.5 Å². The molecule has 2 unspecified atom stereocenters. The van der Waals surface area contributed by atoms with Crippen LogP contribution in [0, 0.1) is 0 Å². The molecule has 100 valence electrons. The molecule has 1 N–H and O–H groups in total. The number of furan rings is 1. The minimum atomic E-state index is 0.231. The van der Waals surface area contributed by atoms with Gasteiger partial charge in [-0.3, -0.25) is 4.98 Å². The lowest BCUT2D eigenvalue weighted by molar-refractivity contribution is 0.341. The van der Waals surface area contributed by atoms with Gasteiger partial charge in [0.15, 0.2) is 0 Å². The SMILES string of the molecule is CCNC(c1ccco1)C1CCCc2cccnc21. The first-order chi connectivity index (χ1) is 9.40. The number of nitrogens with zero attached hydrogens (tertiary/aromatic N) is 1. The quantitative estimate of drug-likeness (QED) is 0.910. The van der Waals surface area contributed by atoms with E-state index in [4.69, 9.17) is 4.42 Å². The van der Waals surface area contributed by atoms with Gasteiger partial charge in [-0.25, -0.2) is 0 Å². The Hall–Kier alpha value is -1.61. The van der Waals surface area contributed by atoms with E-state index < -0.39 is 0 Å². The van der Waals surface area contributed by atoms with E-state index in [0.29, 0.717) is 5.92 Å². The molecule has 19 heavy (non-hydrogen) atoms. The third kappa shape index (κ3) is 2.43. The molecular formula is C16H20N2O. The Morgan fingerprint density at radius 1 is 1.42 bits per heavy atom. The molecular weight excluding hydrogens is 236 g/mol. The zero-order valence-electron chi connectivity index (χ0n) is 11.3. The van der Waals surface area contributed by atoms with Crippen molar-refractivity contribution in [3.63, 3.8) is 0 Å². The normalized spacial score (nSPS) is 19.9. The van der Waals surface area contributed by atoms with E-state index >= 15 is 0 Å². The topological polar surface area (TPSA) is 38.1 Å². The lowest BCUT2D eigenvalue weighted by atomic mass is 9.81. The molecule has 0 bridgehead atoms. The van der Waals surface area contributed by atoms with Crippen LogP contribution in [0.4, 0.5) is 0 Å². The summed E-state index contributed by atoms with van der Waals surface area (Å²) in [6.45, 7) is 3.07. The van der Waals surface area contributed by atoms with E-state index in [2.05, 4.69) is 29.4 Å². The van der Waals surface area contributed by atoms with Crippen molar-refractivity contribution in [2.24, 2.45) is 0 Å². The summed E-state index contributed by atoms with van der Waals surface area (Å²) in [5.41, 5.74) is 2.64. The Morgan fingerprint density at radius 3 is 3.16 bits per heavy atom. The lowest BCUT2D eigenvalue weighted by Crippen LogP contribution is -2.29. The van der Waals surface area contributed by atoms with E-state index in [-0.39, 0.29) is 6.04 Å². The Balaban J connectivity index is 1.96. The fraction of sp³-hybridized carbons (Fsp3) is 0.438. The molecule has 0 saturated heterocycles. The van der Waals surface area contributed by atoms with Crippen LogP contribution in [-0.2, 0) is 6.42 Å². The third-order valence-corrected chi connectivity index (χ3v) is 3.91. The second-order valence-corrected chi connectivity index (χ2v) is 5.10. The van der Waals surface area contributed by atoms with Crippen molar-refractivity contribution in [1.29, 1.82) is 0 Å². The Morgan fingerprint density at radius 2 is 2.37 bits per heavy atom. The average Bonchev–Trinajstić information content (AvgIpc) is 2.98. The van der Waals surface area contributed by atoms with Crippen molar-refractivity contribution in [1.82, 2.24) is 10.3 Å². The Bertz CT molecular complexity index is 521. The largest absolute Gasteiger partial charge is 0.468 e. The van der Waals surface area contributed by atoms with Gasteiger partial charge in [-0.2, -0.15) is 0 Å². The maximum Gasteiger partial charge on any atom is 0.121 e. The van der Waals surface area contributed by atoms with E-state index in [1.54, 1.807) is 6.26 Å². The summed E-state index contributed by atoms with van der Waals surface area (Å²) in [5.74, 6) is 1.43. The smallest absolute Gasteiger partial charge is 0.121 e. The predicted octanol–water partition coefficient (Wildman–Crippen LogP) is 3.45. The number of aryl methyl sites for hydroxylation is 1. The number of hydrogen-bond donors (Lipinski definition) is 1. The van der Waals surface area contributed by atoms with E-state index in [0.717, 1.165) is 18.7 Å². The van der Waals surface area contributed by atoms with Crippen LogP contribution in [0.15, 0.2) is 41.1 Å². The molecule has 2 aromatic rings. The molecule has 2 atom stereocenters. The molecule has 1 aliphatic carbocycles. The number of fused-ring (bicyclic) bond motifs is 1. The van der Waals surface area contributed by atoms with Crippen LogP contribution < -0.4 is 5.32 Å². The van der Waals surface area contributed by atoms with Crippen molar-refractivity contribution < 1.29 is 4.42 Å². The molecule has 0 amide bonds. The molecule has 0 aromatic carbocycles. The van der Waals surface area contributed by atoms with Gasteiger partial charge in [-0.15, -0.1) is 0 Å².